The van der Waals surface area contributed by atoms with E-state index in [2.05, 4.69) is 0 Å². The number of hydrogen-bond donors (Lipinski definition) is 0. The summed E-state index contributed by atoms with van der Waals surface area (Å²) in [6, 6.07) is 0. The molecule has 0 spiro atoms. The van der Waals surface area contributed by atoms with Crippen molar-refractivity contribution in [1.29, 1.82) is 0 Å². The minimum Gasteiger partial charge on any atom is -0.273 e. The summed E-state index contributed by atoms with van der Waals surface area (Å²) in [5.41, 5.74) is 6.45. The van der Waals surface area contributed by atoms with Crippen molar-refractivity contribution in [3.63, 3.8) is 0 Å². The van der Waals surface area contributed by atoms with E-state index < -0.39 is 15.7 Å². The lowest BCUT2D eigenvalue weighted by Gasteiger charge is -1.93. The Morgan fingerprint density at radius 1 is 1.50 bits per heavy atom. The van der Waals surface area contributed by atoms with Crippen molar-refractivity contribution in [3.05, 3.63) is 0 Å². The smallest absolute Gasteiger partial charge is 0.238 e. The summed E-state index contributed by atoms with van der Waals surface area (Å²) >= 11 is 0. The largest absolute Gasteiger partial charge is 0.273 e. The Hall–Kier alpha value is -0.580. The van der Waals surface area contributed by atoms with E-state index in [-0.39, 0.29) is 18.6 Å². The number of sulfone groups is 1. The second kappa shape index (κ2) is 3.55. The Labute approximate surface area is 60.3 Å². The van der Waals surface area contributed by atoms with Crippen molar-refractivity contribution in [2.45, 2.75) is 12.8 Å². The first kappa shape index (κ1) is 9.42. The Morgan fingerprint density at radius 2 is 2.00 bits per heavy atom. The van der Waals surface area contributed by atoms with Crippen LogP contribution in [0.3, 0.4) is 0 Å². The molecule has 59 valence electrons. The molecule has 0 aromatic heterocycles. The molecule has 0 fully saturated rings. The average Bonchev–Trinajstić information content (AvgIpc) is 1.59. The predicted molar refractivity (Wildman–Crippen MR) is 37.0 cm³/mol. The van der Waals surface area contributed by atoms with Crippen LogP contribution >= 0.6 is 0 Å². The van der Waals surface area contributed by atoms with Gasteiger partial charge in [0.05, 0.1) is 5.75 Å². The fourth-order valence-corrected chi connectivity index (χ4v) is 1.16. The Balaban J connectivity index is 3.49. The highest BCUT2D eigenvalue weighted by Crippen LogP contribution is 1.92. The molecule has 1 amide bonds. The van der Waals surface area contributed by atoms with Gasteiger partial charge in [-0.25, -0.2) is 8.42 Å². The van der Waals surface area contributed by atoms with Crippen LogP contribution in [0.15, 0.2) is 0 Å². The molecule has 0 aromatic carbocycles. The van der Waals surface area contributed by atoms with Gasteiger partial charge in [-0.3, -0.25) is 10.5 Å². The molecule has 0 aliphatic carbocycles. The molecular weight excluding hydrogens is 154 g/mol. The summed E-state index contributed by atoms with van der Waals surface area (Å²) in [5, 5.41) is 0. The van der Waals surface area contributed by atoms with Gasteiger partial charge in [0.1, 0.15) is 9.84 Å². The molecule has 4 nitrogen and oxygen atoms in total. The van der Waals surface area contributed by atoms with E-state index in [0.717, 1.165) is 6.26 Å². The van der Waals surface area contributed by atoms with Gasteiger partial charge in [-0.1, -0.05) is 0 Å². The summed E-state index contributed by atoms with van der Waals surface area (Å²) in [6.45, 7) is 0. The van der Waals surface area contributed by atoms with Crippen LogP contribution in [-0.4, -0.2) is 26.3 Å². The maximum absolute atomic E-state index is 10.4. The molecule has 0 aromatic rings. The zero-order chi connectivity index (χ0) is 8.20. The number of hydrogen-bond acceptors (Lipinski definition) is 3. The normalized spacial score (nSPS) is 11.3. The Bertz CT molecular complexity index is 207. The molecule has 1 N–H and O–H groups in total. The second-order valence-electron chi connectivity index (χ2n) is 2.16. The standard InChI is InChI=1S/C5H10NO3S/c1-10(8,9)4-2-3-5(6)7/h6H,2-4H2,1H3. The molecular formula is C5H10NO3S. The van der Waals surface area contributed by atoms with Gasteiger partial charge in [-0.2, -0.15) is 0 Å². The lowest BCUT2D eigenvalue weighted by atomic mass is 10.3. The van der Waals surface area contributed by atoms with Gasteiger partial charge in [0.2, 0.25) is 5.91 Å². The third kappa shape index (κ3) is 7.42. The van der Waals surface area contributed by atoms with Gasteiger partial charge in [0, 0.05) is 12.7 Å². The molecule has 0 aliphatic rings. The van der Waals surface area contributed by atoms with E-state index >= 15 is 0 Å². The van der Waals surface area contributed by atoms with Gasteiger partial charge in [-0.15, -0.1) is 0 Å². The molecule has 1 radical (unpaired) electrons. The first-order valence-electron chi connectivity index (χ1n) is 2.84. The van der Waals surface area contributed by atoms with Gasteiger partial charge >= 0.3 is 0 Å². The molecule has 5 heteroatoms. The van der Waals surface area contributed by atoms with Crippen LogP contribution in [0.25, 0.3) is 0 Å². The number of nitrogens with one attached hydrogen (secondary N) is 1. The first-order valence-corrected chi connectivity index (χ1v) is 4.90. The number of carbonyl (C=O) groups excluding carboxylic acids is 1. The lowest BCUT2D eigenvalue weighted by molar-refractivity contribution is -0.118. The minimum absolute atomic E-state index is 0.00236. The van der Waals surface area contributed by atoms with Crippen LogP contribution in [0.4, 0.5) is 0 Å². The van der Waals surface area contributed by atoms with Crippen molar-refractivity contribution < 1.29 is 13.2 Å². The van der Waals surface area contributed by atoms with Crippen molar-refractivity contribution >= 4 is 15.7 Å². The molecule has 0 saturated heterocycles. The first-order chi connectivity index (χ1) is 4.42. The quantitative estimate of drug-likeness (QED) is 0.568. The van der Waals surface area contributed by atoms with Crippen LogP contribution in [0, 0.1) is 0 Å². The third-order valence-electron chi connectivity index (χ3n) is 0.919. The highest BCUT2D eigenvalue weighted by molar-refractivity contribution is 7.90. The Morgan fingerprint density at radius 3 is 2.30 bits per heavy atom. The van der Waals surface area contributed by atoms with Gasteiger partial charge in [-0.05, 0) is 6.42 Å². The van der Waals surface area contributed by atoms with Crippen LogP contribution < -0.4 is 5.73 Å². The van der Waals surface area contributed by atoms with Crippen LogP contribution in [-0.2, 0) is 14.6 Å². The summed E-state index contributed by atoms with van der Waals surface area (Å²) < 4.78 is 20.9. The monoisotopic (exact) mass is 164 g/mol. The van der Waals surface area contributed by atoms with Crippen molar-refractivity contribution in [3.8, 4) is 0 Å². The fourth-order valence-electron chi connectivity index (χ4n) is 0.495. The topological polar surface area (TPSA) is 75.0 Å². The van der Waals surface area contributed by atoms with E-state index in [1.54, 1.807) is 0 Å². The van der Waals surface area contributed by atoms with Crippen LogP contribution in [0.5, 0.6) is 0 Å². The van der Waals surface area contributed by atoms with Crippen LogP contribution in [0.1, 0.15) is 12.8 Å². The molecule has 0 saturated carbocycles. The molecule has 0 bridgehead atoms. The zero-order valence-corrected chi connectivity index (χ0v) is 6.57. The van der Waals surface area contributed by atoms with E-state index in [1.807, 2.05) is 0 Å². The van der Waals surface area contributed by atoms with Crippen molar-refractivity contribution in [2.24, 2.45) is 0 Å². The molecule has 0 rings (SSSR count). The maximum atomic E-state index is 10.4. The molecule has 0 heterocycles. The maximum Gasteiger partial charge on any atom is 0.238 e. The summed E-state index contributed by atoms with van der Waals surface area (Å²) in [4.78, 5) is 10.0. The fraction of sp³-hybridized carbons (Fsp3) is 0.800. The summed E-state index contributed by atoms with van der Waals surface area (Å²) in [7, 11) is -2.96. The van der Waals surface area contributed by atoms with Gasteiger partial charge in [0.25, 0.3) is 0 Å². The minimum atomic E-state index is -2.96. The van der Waals surface area contributed by atoms with Gasteiger partial charge in [0.15, 0.2) is 0 Å². The number of carbonyl (C=O) groups is 1. The Kier molecular flexibility index (Phi) is 3.35. The summed E-state index contributed by atoms with van der Waals surface area (Å²) in [6.07, 6.45) is 1.41. The van der Waals surface area contributed by atoms with E-state index in [1.165, 1.54) is 0 Å². The molecule has 0 atom stereocenters. The highest BCUT2D eigenvalue weighted by Gasteiger charge is 2.02. The van der Waals surface area contributed by atoms with Crippen LogP contribution in [0.2, 0.25) is 0 Å². The van der Waals surface area contributed by atoms with E-state index in [4.69, 9.17) is 5.73 Å². The second-order valence-corrected chi connectivity index (χ2v) is 4.42. The van der Waals surface area contributed by atoms with E-state index in [9.17, 15) is 13.2 Å². The zero-order valence-electron chi connectivity index (χ0n) is 5.75. The molecule has 0 aliphatic heterocycles. The number of amides is 1. The van der Waals surface area contributed by atoms with Gasteiger partial charge < -0.3 is 0 Å². The molecule has 0 unspecified atom stereocenters. The van der Waals surface area contributed by atoms with Crippen molar-refractivity contribution in [1.82, 2.24) is 5.73 Å². The average molecular weight is 164 g/mol. The number of rotatable bonds is 4. The van der Waals surface area contributed by atoms with Crippen molar-refractivity contribution in [2.75, 3.05) is 12.0 Å². The third-order valence-corrected chi connectivity index (χ3v) is 1.95. The van der Waals surface area contributed by atoms with E-state index in [0.29, 0.717) is 0 Å². The highest BCUT2D eigenvalue weighted by atomic mass is 32.2. The predicted octanol–water partition coefficient (Wildman–Crippen LogP) is -0.379. The lowest BCUT2D eigenvalue weighted by Crippen LogP contribution is -2.06. The SMILES string of the molecule is CS(=O)(=O)CCCC([NH])=O. The molecule has 10 heavy (non-hydrogen) atoms. The summed E-state index contributed by atoms with van der Waals surface area (Å²) in [5.74, 6) is -0.707.